The Labute approximate surface area is 102 Å². The molecule has 0 bridgehead atoms. The lowest BCUT2D eigenvalue weighted by Crippen LogP contribution is -2.12. The monoisotopic (exact) mass is 250 g/mol. The van der Waals surface area contributed by atoms with Crippen LogP contribution in [-0.4, -0.2) is 10.9 Å². The summed E-state index contributed by atoms with van der Waals surface area (Å²) in [6.07, 6.45) is 2.48. The van der Waals surface area contributed by atoms with Gasteiger partial charge in [0.05, 0.1) is 0 Å². The van der Waals surface area contributed by atoms with Crippen molar-refractivity contribution in [2.24, 2.45) is 0 Å². The van der Waals surface area contributed by atoms with Gasteiger partial charge in [-0.05, 0) is 24.1 Å². The highest BCUT2D eigenvalue weighted by Gasteiger charge is 2.04. The van der Waals surface area contributed by atoms with Gasteiger partial charge in [-0.2, -0.15) is 0 Å². The van der Waals surface area contributed by atoms with Crippen molar-refractivity contribution in [3.8, 4) is 0 Å². The molecule has 1 aromatic heterocycles. The van der Waals surface area contributed by atoms with Crippen LogP contribution in [0.15, 0.2) is 35.8 Å². The summed E-state index contributed by atoms with van der Waals surface area (Å²) in [6.45, 7) is 0. The fourth-order valence-electron chi connectivity index (χ4n) is 1.42. The van der Waals surface area contributed by atoms with E-state index in [1.54, 1.807) is 23.7 Å². The number of rotatable bonds is 4. The van der Waals surface area contributed by atoms with Crippen molar-refractivity contribution in [3.63, 3.8) is 0 Å². The van der Waals surface area contributed by atoms with Crippen LogP contribution in [0, 0.1) is 5.82 Å². The van der Waals surface area contributed by atoms with E-state index in [0.29, 0.717) is 18.0 Å². The SMILES string of the molecule is O=C(CCc1cccc(F)c1)Nc1nccs1. The molecular formula is C12H11FN2OS. The van der Waals surface area contributed by atoms with Crippen LogP contribution >= 0.6 is 11.3 Å². The molecule has 0 atom stereocenters. The molecule has 5 heteroatoms. The van der Waals surface area contributed by atoms with Crippen LogP contribution in [0.5, 0.6) is 0 Å². The molecule has 0 fully saturated rings. The number of nitrogens with zero attached hydrogens (tertiary/aromatic N) is 1. The molecule has 0 aliphatic heterocycles. The quantitative estimate of drug-likeness (QED) is 0.906. The van der Waals surface area contributed by atoms with Crippen LogP contribution in [0.25, 0.3) is 0 Å². The zero-order valence-electron chi connectivity index (χ0n) is 9.02. The molecule has 1 aromatic carbocycles. The third-order valence-electron chi connectivity index (χ3n) is 2.21. The summed E-state index contributed by atoms with van der Waals surface area (Å²) in [6, 6.07) is 6.28. The average Bonchev–Trinajstić information content (AvgIpc) is 2.79. The molecule has 1 N–H and O–H groups in total. The number of carbonyl (C=O) groups is 1. The third kappa shape index (κ3) is 3.64. The van der Waals surface area contributed by atoms with E-state index in [0.717, 1.165) is 5.56 Å². The van der Waals surface area contributed by atoms with E-state index in [2.05, 4.69) is 10.3 Å². The molecule has 0 aliphatic rings. The highest BCUT2D eigenvalue weighted by Crippen LogP contribution is 2.11. The summed E-state index contributed by atoms with van der Waals surface area (Å²) >= 11 is 1.37. The van der Waals surface area contributed by atoms with Crippen LogP contribution < -0.4 is 5.32 Å². The molecule has 0 spiro atoms. The molecule has 3 nitrogen and oxygen atoms in total. The highest BCUT2D eigenvalue weighted by molar-refractivity contribution is 7.13. The molecule has 0 radical (unpaired) electrons. The Kier molecular flexibility index (Phi) is 3.82. The minimum absolute atomic E-state index is 0.107. The topological polar surface area (TPSA) is 42.0 Å². The zero-order chi connectivity index (χ0) is 12.1. The molecule has 17 heavy (non-hydrogen) atoms. The van der Waals surface area contributed by atoms with Gasteiger partial charge in [-0.1, -0.05) is 12.1 Å². The number of aryl methyl sites for hydroxylation is 1. The average molecular weight is 250 g/mol. The largest absolute Gasteiger partial charge is 0.302 e. The number of anilines is 1. The number of benzene rings is 1. The Morgan fingerprint density at radius 2 is 2.35 bits per heavy atom. The van der Waals surface area contributed by atoms with Gasteiger partial charge in [-0.25, -0.2) is 9.37 Å². The smallest absolute Gasteiger partial charge is 0.226 e. The third-order valence-corrected chi connectivity index (χ3v) is 2.90. The highest BCUT2D eigenvalue weighted by atomic mass is 32.1. The van der Waals surface area contributed by atoms with Gasteiger partial charge in [0.2, 0.25) is 5.91 Å². The van der Waals surface area contributed by atoms with Crippen molar-refractivity contribution >= 4 is 22.4 Å². The maximum Gasteiger partial charge on any atom is 0.226 e. The summed E-state index contributed by atoms with van der Waals surface area (Å²) in [7, 11) is 0. The number of carbonyl (C=O) groups excluding carboxylic acids is 1. The summed E-state index contributed by atoms with van der Waals surface area (Å²) in [5.41, 5.74) is 0.819. The summed E-state index contributed by atoms with van der Waals surface area (Å²) in [5.74, 6) is -0.382. The molecule has 1 amide bonds. The molecule has 88 valence electrons. The lowest BCUT2D eigenvalue weighted by molar-refractivity contribution is -0.116. The van der Waals surface area contributed by atoms with E-state index < -0.39 is 0 Å². The van der Waals surface area contributed by atoms with Crippen molar-refractivity contribution in [3.05, 3.63) is 47.2 Å². The Morgan fingerprint density at radius 1 is 1.47 bits per heavy atom. The molecule has 0 saturated carbocycles. The molecule has 0 aliphatic carbocycles. The minimum Gasteiger partial charge on any atom is -0.302 e. The lowest BCUT2D eigenvalue weighted by atomic mass is 10.1. The fourth-order valence-corrected chi connectivity index (χ4v) is 1.96. The molecule has 0 unspecified atom stereocenters. The minimum atomic E-state index is -0.275. The predicted molar refractivity (Wildman–Crippen MR) is 65.5 cm³/mol. The number of thiazole rings is 1. The number of amides is 1. The number of hydrogen-bond donors (Lipinski definition) is 1. The normalized spacial score (nSPS) is 10.2. The lowest BCUT2D eigenvalue weighted by Gasteiger charge is -2.02. The van der Waals surface area contributed by atoms with Crippen molar-refractivity contribution in [1.82, 2.24) is 4.98 Å². The molecule has 1 heterocycles. The van der Waals surface area contributed by atoms with E-state index in [1.165, 1.54) is 23.5 Å². The molecular weight excluding hydrogens is 239 g/mol. The maximum atomic E-state index is 12.9. The summed E-state index contributed by atoms with van der Waals surface area (Å²) in [5, 5.41) is 5.07. The molecule has 0 saturated heterocycles. The van der Waals surface area contributed by atoms with Crippen molar-refractivity contribution in [2.45, 2.75) is 12.8 Å². The number of nitrogens with one attached hydrogen (secondary N) is 1. The number of aromatic nitrogens is 1. The van der Waals surface area contributed by atoms with Gasteiger partial charge in [0.1, 0.15) is 5.82 Å². The predicted octanol–water partition coefficient (Wildman–Crippen LogP) is 2.85. The van der Waals surface area contributed by atoms with Crippen molar-refractivity contribution < 1.29 is 9.18 Å². The Bertz CT molecular complexity index is 499. The number of hydrogen-bond acceptors (Lipinski definition) is 3. The van der Waals surface area contributed by atoms with E-state index in [1.807, 2.05) is 0 Å². The zero-order valence-corrected chi connectivity index (χ0v) is 9.84. The van der Waals surface area contributed by atoms with Gasteiger partial charge in [-0.3, -0.25) is 4.79 Å². The fraction of sp³-hybridized carbons (Fsp3) is 0.167. The van der Waals surface area contributed by atoms with Crippen molar-refractivity contribution in [2.75, 3.05) is 5.32 Å². The first-order chi connectivity index (χ1) is 8.24. The Morgan fingerprint density at radius 3 is 3.06 bits per heavy atom. The van der Waals surface area contributed by atoms with E-state index in [-0.39, 0.29) is 11.7 Å². The standard InChI is InChI=1S/C12H11FN2OS/c13-10-3-1-2-9(8-10)4-5-11(16)15-12-14-6-7-17-12/h1-3,6-8H,4-5H2,(H,14,15,16). The van der Waals surface area contributed by atoms with E-state index >= 15 is 0 Å². The van der Waals surface area contributed by atoms with Gasteiger partial charge < -0.3 is 5.32 Å². The summed E-state index contributed by atoms with van der Waals surface area (Å²) in [4.78, 5) is 15.5. The first-order valence-corrected chi connectivity index (χ1v) is 6.06. The van der Waals surface area contributed by atoms with Gasteiger partial charge in [0.25, 0.3) is 0 Å². The second-order valence-corrected chi connectivity index (χ2v) is 4.41. The first kappa shape index (κ1) is 11.7. The summed E-state index contributed by atoms with van der Waals surface area (Å²) < 4.78 is 12.9. The molecule has 2 rings (SSSR count). The van der Waals surface area contributed by atoms with Crippen molar-refractivity contribution in [1.29, 1.82) is 0 Å². The van der Waals surface area contributed by atoms with Crippen LogP contribution in [0.3, 0.4) is 0 Å². The van der Waals surface area contributed by atoms with Crippen LogP contribution in [-0.2, 0) is 11.2 Å². The van der Waals surface area contributed by atoms with Crippen LogP contribution in [0.2, 0.25) is 0 Å². The Hall–Kier alpha value is -1.75. The van der Waals surface area contributed by atoms with Crippen LogP contribution in [0.4, 0.5) is 9.52 Å². The van der Waals surface area contributed by atoms with Gasteiger partial charge in [0, 0.05) is 18.0 Å². The van der Waals surface area contributed by atoms with Gasteiger partial charge in [-0.15, -0.1) is 11.3 Å². The molecule has 2 aromatic rings. The number of halogens is 1. The second-order valence-electron chi connectivity index (χ2n) is 3.52. The van der Waals surface area contributed by atoms with E-state index in [9.17, 15) is 9.18 Å². The van der Waals surface area contributed by atoms with Crippen LogP contribution in [0.1, 0.15) is 12.0 Å². The Balaban J connectivity index is 1.84. The first-order valence-electron chi connectivity index (χ1n) is 5.18. The van der Waals surface area contributed by atoms with E-state index in [4.69, 9.17) is 0 Å². The van der Waals surface area contributed by atoms with Gasteiger partial charge >= 0.3 is 0 Å². The van der Waals surface area contributed by atoms with Gasteiger partial charge in [0.15, 0.2) is 5.13 Å². The second kappa shape index (κ2) is 5.54. The maximum absolute atomic E-state index is 12.9.